The van der Waals surface area contributed by atoms with Crippen molar-refractivity contribution in [2.45, 2.75) is 40.0 Å². The summed E-state index contributed by atoms with van der Waals surface area (Å²) in [6.45, 7) is 9.23. The lowest BCUT2D eigenvalue weighted by Gasteiger charge is -2.25. The van der Waals surface area contributed by atoms with Crippen LogP contribution in [0.2, 0.25) is 0 Å². The predicted octanol–water partition coefficient (Wildman–Crippen LogP) is 1.88. The zero-order chi connectivity index (χ0) is 14.0. The monoisotopic (exact) mass is 258 g/mol. The van der Waals surface area contributed by atoms with Crippen molar-refractivity contribution in [3.63, 3.8) is 0 Å². The van der Waals surface area contributed by atoms with E-state index >= 15 is 0 Å². The normalized spacial score (nSPS) is 12.8. The van der Waals surface area contributed by atoms with Crippen LogP contribution in [0, 0.1) is 11.8 Å². The molecule has 0 heterocycles. The van der Waals surface area contributed by atoms with Crippen LogP contribution in [-0.2, 0) is 9.53 Å². The number of ether oxygens (including phenoxy) is 1. The molecule has 0 rings (SSSR count). The number of methoxy groups -OCH3 is 1. The van der Waals surface area contributed by atoms with Crippen LogP contribution in [0.25, 0.3) is 0 Å². The molecule has 2 N–H and O–H groups in total. The van der Waals surface area contributed by atoms with E-state index in [0.717, 1.165) is 19.4 Å². The molecule has 0 aliphatic heterocycles. The summed E-state index contributed by atoms with van der Waals surface area (Å²) in [6.07, 6.45) is 2.55. The molecule has 4 heteroatoms. The molecule has 0 spiro atoms. The average Bonchev–Trinajstić information content (AvgIpc) is 2.31. The number of hydrogen-bond donors (Lipinski definition) is 1. The van der Waals surface area contributed by atoms with Crippen molar-refractivity contribution in [3.05, 3.63) is 0 Å². The van der Waals surface area contributed by atoms with Crippen molar-refractivity contribution < 1.29 is 9.53 Å². The number of nitrogens with zero attached hydrogens (tertiary/aromatic N) is 1. The van der Waals surface area contributed by atoms with Gasteiger partial charge in [0.25, 0.3) is 0 Å². The molecule has 0 bridgehead atoms. The number of amides is 1. The highest BCUT2D eigenvalue weighted by molar-refractivity contribution is 5.76. The van der Waals surface area contributed by atoms with Crippen LogP contribution in [0.4, 0.5) is 0 Å². The lowest BCUT2D eigenvalue weighted by Crippen LogP contribution is -2.36. The fourth-order valence-corrected chi connectivity index (χ4v) is 1.92. The summed E-state index contributed by atoms with van der Waals surface area (Å²) in [4.78, 5) is 14.1. The molecule has 0 aromatic carbocycles. The van der Waals surface area contributed by atoms with Crippen molar-refractivity contribution in [1.82, 2.24) is 4.90 Å². The number of rotatable bonds is 10. The zero-order valence-electron chi connectivity index (χ0n) is 12.4. The SMILES string of the molecule is COCCN(CC(C)C)C(=O)CCC(C)CCN. The van der Waals surface area contributed by atoms with Gasteiger partial charge < -0.3 is 15.4 Å². The highest BCUT2D eigenvalue weighted by atomic mass is 16.5. The zero-order valence-corrected chi connectivity index (χ0v) is 12.4. The van der Waals surface area contributed by atoms with Crippen LogP contribution >= 0.6 is 0 Å². The summed E-state index contributed by atoms with van der Waals surface area (Å²) in [6, 6.07) is 0. The summed E-state index contributed by atoms with van der Waals surface area (Å²) in [5, 5.41) is 0. The first kappa shape index (κ1) is 17.4. The van der Waals surface area contributed by atoms with Gasteiger partial charge in [-0.1, -0.05) is 20.8 Å². The number of hydrogen-bond acceptors (Lipinski definition) is 3. The maximum absolute atomic E-state index is 12.1. The third-order valence-electron chi connectivity index (χ3n) is 3.01. The highest BCUT2D eigenvalue weighted by Gasteiger charge is 2.15. The third-order valence-corrected chi connectivity index (χ3v) is 3.01. The highest BCUT2D eigenvalue weighted by Crippen LogP contribution is 2.11. The molecule has 0 saturated heterocycles. The minimum atomic E-state index is 0.240. The van der Waals surface area contributed by atoms with E-state index in [1.807, 2.05) is 4.90 Å². The molecular weight excluding hydrogens is 228 g/mol. The number of carbonyl (C=O) groups is 1. The molecule has 4 nitrogen and oxygen atoms in total. The first-order chi connectivity index (χ1) is 8.51. The Morgan fingerprint density at radius 3 is 2.44 bits per heavy atom. The fourth-order valence-electron chi connectivity index (χ4n) is 1.92. The molecule has 1 unspecified atom stereocenters. The Labute approximate surface area is 112 Å². The molecule has 0 aromatic rings. The molecular formula is C14H30N2O2. The maximum Gasteiger partial charge on any atom is 0.222 e. The van der Waals surface area contributed by atoms with Gasteiger partial charge in [-0.2, -0.15) is 0 Å². The molecule has 0 fully saturated rings. The smallest absolute Gasteiger partial charge is 0.222 e. The van der Waals surface area contributed by atoms with Crippen LogP contribution < -0.4 is 5.73 Å². The Balaban J connectivity index is 4.10. The molecule has 0 aliphatic rings. The first-order valence-electron chi connectivity index (χ1n) is 6.98. The molecule has 108 valence electrons. The van der Waals surface area contributed by atoms with Crippen molar-refractivity contribution in [1.29, 1.82) is 0 Å². The summed E-state index contributed by atoms with van der Waals surface area (Å²) >= 11 is 0. The Kier molecular flexibility index (Phi) is 9.98. The van der Waals surface area contributed by atoms with E-state index in [1.54, 1.807) is 7.11 Å². The molecule has 1 amide bonds. The number of carbonyl (C=O) groups excluding carboxylic acids is 1. The van der Waals surface area contributed by atoms with Crippen LogP contribution in [0.5, 0.6) is 0 Å². The van der Waals surface area contributed by atoms with E-state index < -0.39 is 0 Å². The van der Waals surface area contributed by atoms with E-state index in [1.165, 1.54) is 0 Å². The van der Waals surface area contributed by atoms with Crippen molar-refractivity contribution in [2.24, 2.45) is 17.6 Å². The standard InChI is InChI=1S/C14H30N2O2/c1-12(2)11-16(9-10-18-4)14(17)6-5-13(3)7-8-15/h12-13H,5-11,15H2,1-4H3. The second-order valence-electron chi connectivity index (χ2n) is 5.45. The van der Waals surface area contributed by atoms with Crippen LogP contribution in [0.15, 0.2) is 0 Å². The summed E-state index contributed by atoms with van der Waals surface area (Å²) in [7, 11) is 1.67. The lowest BCUT2D eigenvalue weighted by atomic mass is 10.0. The van der Waals surface area contributed by atoms with Crippen molar-refractivity contribution >= 4 is 5.91 Å². The van der Waals surface area contributed by atoms with Gasteiger partial charge in [0.1, 0.15) is 0 Å². The summed E-state index contributed by atoms with van der Waals surface area (Å²) in [5.74, 6) is 1.26. The largest absolute Gasteiger partial charge is 0.383 e. The van der Waals surface area contributed by atoms with Gasteiger partial charge in [0.05, 0.1) is 6.61 Å². The van der Waals surface area contributed by atoms with E-state index in [2.05, 4.69) is 20.8 Å². The van der Waals surface area contributed by atoms with Gasteiger partial charge >= 0.3 is 0 Å². The van der Waals surface area contributed by atoms with Crippen molar-refractivity contribution in [2.75, 3.05) is 33.4 Å². The summed E-state index contributed by atoms with van der Waals surface area (Å²) in [5.41, 5.74) is 5.52. The van der Waals surface area contributed by atoms with Gasteiger partial charge in [-0.15, -0.1) is 0 Å². The Morgan fingerprint density at radius 1 is 1.28 bits per heavy atom. The van der Waals surface area contributed by atoms with E-state index in [4.69, 9.17) is 10.5 Å². The van der Waals surface area contributed by atoms with Crippen LogP contribution in [0.3, 0.4) is 0 Å². The molecule has 0 radical (unpaired) electrons. The Morgan fingerprint density at radius 2 is 1.94 bits per heavy atom. The van der Waals surface area contributed by atoms with Gasteiger partial charge in [0.15, 0.2) is 0 Å². The van der Waals surface area contributed by atoms with E-state index in [-0.39, 0.29) is 5.91 Å². The number of nitrogens with two attached hydrogens (primary N) is 1. The maximum atomic E-state index is 12.1. The molecule has 0 saturated carbocycles. The average molecular weight is 258 g/mol. The molecule has 0 aliphatic carbocycles. The molecule has 18 heavy (non-hydrogen) atoms. The van der Waals surface area contributed by atoms with Gasteiger partial charge in [-0.25, -0.2) is 0 Å². The second-order valence-corrected chi connectivity index (χ2v) is 5.45. The second kappa shape index (κ2) is 10.3. The van der Waals surface area contributed by atoms with Gasteiger partial charge in [0.2, 0.25) is 5.91 Å². The minimum Gasteiger partial charge on any atom is -0.383 e. The Hall–Kier alpha value is -0.610. The predicted molar refractivity (Wildman–Crippen MR) is 75.4 cm³/mol. The van der Waals surface area contributed by atoms with Crippen molar-refractivity contribution in [3.8, 4) is 0 Å². The Bertz CT molecular complexity index is 220. The fraction of sp³-hybridized carbons (Fsp3) is 0.929. The van der Waals surface area contributed by atoms with Crippen LogP contribution in [-0.4, -0.2) is 44.2 Å². The first-order valence-corrected chi connectivity index (χ1v) is 6.98. The molecule has 1 atom stereocenters. The topological polar surface area (TPSA) is 55.6 Å². The summed E-state index contributed by atoms with van der Waals surface area (Å²) < 4.78 is 5.06. The quantitative estimate of drug-likeness (QED) is 0.651. The van der Waals surface area contributed by atoms with Gasteiger partial charge in [-0.3, -0.25) is 4.79 Å². The van der Waals surface area contributed by atoms with E-state index in [0.29, 0.717) is 38.0 Å². The molecule has 0 aromatic heterocycles. The lowest BCUT2D eigenvalue weighted by molar-refractivity contribution is -0.132. The van der Waals surface area contributed by atoms with Gasteiger partial charge in [-0.05, 0) is 31.2 Å². The third kappa shape index (κ3) is 8.48. The minimum absolute atomic E-state index is 0.240. The van der Waals surface area contributed by atoms with Gasteiger partial charge in [0, 0.05) is 26.6 Å². The van der Waals surface area contributed by atoms with E-state index in [9.17, 15) is 4.79 Å². The van der Waals surface area contributed by atoms with Crippen LogP contribution in [0.1, 0.15) is 40.0 Å².